The van der Waals surface area contributed by atoms with Gasteiger partial charge in [0.25, 0.3) is 0 Å². The number of rotatable bonds is 4. The van der Waals surface area contributed by atoms with Gasteiger partial charge in [-0.15, -0.1) is 29.1 Å². The van der Waals surface area contributed by atoms with Crippen molar-refractivity contribution in [3.63, 3.8) is 0 Å². The van der Waals surface area contributed by atoms with Crippen LogP contribution in [0.1, 0.15) is 23.8 Å². The van der Waals surface area contributed by atoms with Crippen LogP contribution in [0.2, 0.25) is 0 Å². The predicted molar refractivity (Wildman–Crippen MR) is 112 cm³/mol. The van der Waals surface area contributed by atoms with Crippen molar-refractivity contribution < 1.29 is 4.39 Å². The maximum absolute atomic E-state index is 14.4. The van der Waals surface area contributed by atoms with Crippen molar-refractivity contribution in [3.8, 4) is 33.9 Å². The largest absolute Gasteiger partial charge is 0.206 e. The molecule has 0 spiro atoms. The van der Waals surface area contributed by atoms with Crippen LogP contribution in [-0.2, 0) is 6.42 Å². The summed E-state index contributed by atoms with van der Waals surface area (Å²) in [6, 6.07) is 17.9. The van der Waals surface area contributed by atoms with Gasteiger partial charge in [0, 0.05) is 19.8 Å². The minimum Gasteiger partial charge on any atom is -0.206 e. The van der Waals surface area contributed by atoms with Crippen LogP contribution in [0.5, 0.6) is 0 Å². The van der Waals surface area contributed by atoms with Gasteiger partial charge in [0.15, 0.2) is 0 Å². The molecule has 2 aromatic carbocycles. The third-order valence-electron chi connectivity index (χ3n) is 4.40. The highest BCUT2D eigenvalue weighted by atomic mass is 32.1. The van der Waals surface area contributed by atoms with Crippen LogP contribution in [0.15, 0.2) is 54.6 Å². The number of fused-ring (bicyclic) bond motifs is 1. The SMILES string of the molecule is C#Cc1cc2sc(-c3ccc(-c4ccc(CCC)cc4F)cc3)cc2s1. The predicted octanol–water partition coefficient (Wildman–Crippen LogP) is 7.37. The molecule has 0 unspecified atom stereocenters. The summed E-state index contributed by atoms with van der Waals surface area (Å²) in [5.74, 6) is 2.54. The zero-order chi connectivity index (χ0) is 18.1. The highest BCUT2D eigenvalue weighted by molar-refractivity contribution is 7.29. The standard InChI is InChI=1S/C23H17FS2/c1-3-5-15-6-11-19(20(24)12-15)16-7-9-17(10-8-16)21-14-23-22(26-21)13-18(4-2)25-23/h2,6-14H,3,5H2,1H3. The van der Waals surface area contributed by atoms with Crippen LogP contribution >= 0.6 is 22.7 Å². The molecule has 0 fully saturated rings. The second-order valence-electron chi connectivity index (χ2n) is 6.24. The molecule has 0 nitrogen and oxygen atoms in total. The van der Waals surface area contributed by atoms with Crippen LogP contribution in [-0.4, -0.2) is 0 Å². The molecule has 128 valence electrons. The molecule has 0 saturated carbocycles. The molecule has 0 aliphatic rings. The first kappa shape index (κ1) is 17.0. The maximum Gasteiger partial charge on any atom is 0.131 e. The van der Waals surface area contributed by atoms with Crippen molar-refractivity contribution in [2.24, 2.45) is 0 Å². The summed E-state index contributed by atoms with van der Waals surface area (Å²) in [5, 5.41) is 0. The third-order valence-corrected chi connectivity index (χ3v) is 6.68. The molecule has 0 aliphatic heterocycles. The van der Waals surface area contributed by atoms with E-state index in [0.29, 0.717) is 5.56 Å². The van der Waals surface area contributed by atoms with Gasteiger partial charge in [0.2, 0.25) is 0 Å². The van der Waals surface area contributed by atoms with Gasteiger partial charge in [0.05, 0.1) is 4.88 Å². The molecule has 0 bridgehead atoms. The quantitative estimate of drug-likeness (QED) is 0.326. The Morgan fingerprint density at radius 2 is 1.65 bits per heavy atom. The molecule has 0 aliphatic carbocycles. The fourth-order valence-electron chi connectivity index (χ4n) is 3.10. The van der Waals surface area contributed by atoms with E-state index in [0.717, 1.165) is 34.4 Å². The fraction of sp³-hybridized carbons (Fsp3) is 0.130. The summed E-state index contributed by atoms with van der Waals surface area (Å²) < 4.78 is 16.9. The summed E-state index contributed by atoms with van der Waals surface area (Å²) in [6.45, 7) is 2.10. The number of halogens is 1. The number of aryl methyl sites for hydroxylation is 1. The van der Waals surface area contributed by atoms with E-state index in [1.165, 1.54) is 14.3 Å². The molecule has 4 aromatic rings. The second kappa shape index (κ2) is 7.07. The molecule has 0 saturated heterocycles. The van der Waals surface area contributed by atoms with Crippen molar-refractivity contribution in [2.75, 3.05) is 0 Å². The van der Waals surface area contributed by atoms with Crippen LogP contribution < -0.4 is 0 Å². The van der Waals surface area contributed by atoms with Crippen molar-refractivity contribution in [2.45, 2.75) is 19.8 Å². The smallest absolute Gasteiger partial charge is 0.131 e. The minimum absolute atomic E-state index is 0.151. The lowest BCUT2D eigenvalue weighted by Crippen LogP contribution is -1.89. The van der Waals surface area contributed by atoms with E-state index in [1.54, 1.807) is 28.7 Å². The van der Waals surface area contributed by atoms with Gasteiger partial charge in [-0.2, -0.15) is 0 Å². The van der Waals surface area contributed by atoms with Crippen molar-refractivity contribution in [3.05, 3.63) is 70.9 Å². The highest BCUT2D eigenvalue weighted by Gasteiger charge is 2.10. The zero-order valence-corrected chi connectivity index (χ0v) is 16.0. The van der Waals surface area contributed by atoms with E-state index >= 15 is 0 Å². The summed E-state index contributed by atoms with van der Waals surface area (Å²) in [6.07, 6.45) is 7.40. The van der Waals surface area contributed by atoms with Gasteiger partial charge in [-0.05, 0) is 41.3 Å². The fourth-order valence-corrected chi connectivity index (χ4v) is 5.31. The summed E-state index contributed by atoms with van der Waals surface area (Å²) in [5.41, 5.74) is 3.76. The average Bonchev–Trinajstić information content (AvgIpc) is 3.21. The van der Waals surface area contributed by atoms with E-state index in [-0.39, 0.29) is 5.82 Å². The van der Waals surface area contributed by atoms with Gasteiger partial charge >= 0.3 is 0 Å². The Labute approximate surface area is 160 Å². The maximum atomic E-state index is 14.4. The Kier molecular flexibility index (Phi) is 4.63. The topological polar surface area (TPSA) is 0 Å². The molecule has 0 radical (unpaired) electrons. The van der Waals surface area contributed by atoms with Crippen LogP contribution in [0.4, 0.5) is 4.39 Å². The van der Waals surface area contributed by atoms with Crippen molar-refractivity contribution in [1.29, 1.82) is 0 Å². The van der Waals surface area contributed by atoms with Gasteiger partial charge < -0.3 is 0 Å². The first-order chi connectivity index (χ1) is 12.7. The molecule has 0 atom stereocenters. The molecule has 3 heteroatoms. The molecular weight excluding hydrogens is 359 g/mol. The Morgan fingerprint density at radius 3 is 2.31 bits per heavy atom. The first-order valence-corrected chi connectivity index (χ1v) is 10.2. The van der Waals surface area contributed by atoms with Crippen LogP contribution in [0.3, 0.4) is 0 Å². The highest BCUT2D eigenvalue weighted by Crippen LogP contribution is 2.38. The van der Waals surface area contributed by atoms with Crippen LogP contribution in [0.25, 0.3) is 31.0 Å². The van der Waals surface area contributed by atoms with Crippen molar-refractivity contribution >= 4 is 32.1 Å². The molecule has 0 amide bonds. The monoisotopic (exact) mass is 376 g/mol. The van der Waals surface area contributed by atoms with Crippen LogP contribution in [0, 0.1) is 18.2 Å². The van der Waals surface area contributed by atoms with E-state index in [9.17, 15) is 4.39 Å². The Balaban J connectivity index is 1.63. The van der Waals surface area contributed by atoms with Gasteiger partial charge in [-0.25, -0.2) is 4.39 Å². The number of benzene rings is 2. The van der Waals surface area contributed by atoms with Gasteiger partial charge in [0.1, 0.15) is 5.82 Å². The number of thiophene rings is 2. The normalized spacial score (nSPS) is 11.0. The summed E-state index contributed by atoms with van der Waals surface area (Å²) in [7, 11) is 0. The molecule has 0 N–H and O–H groups in total. The lowest BCUT2D eigenvalue weighted by molar-refractivity contribution is 0.628. The average molecular weight is 377 g/mol. The minimum atomic E-state index is -0.151. The lowest BCUT2D eigenvalue weighted by atomic mass is 10.00. The summed E-state index contributed by atoms with van der Waals surface area (Å²) >= 11 is 3.38. The molecular formula is C23H17FS2. The second-order valence-corrected chi connectivity index (χ2v) is 8.40. The van der Waals surface area contributed by atoms with E-state index in [2.05, 4.69) is 37.1 Å². The molecule has 4 rings (SSSR count). The number of hydrogen-bond donors (Lipinski definition) is 0. The molecule has 26 heavy (non-hydrogen) atoms. The van der Waals surface area contributed by atoms with Crippen molar-refractivity contribution in [1.82, 2.24) is 0 Å². The summed E-state index contributed by atoms with van der Waals surface area (Å²) in [4.78, 5) is 2.18. The third kappa shape index (κ3) is 3.19. The Hall–Kier alpha value is -2.41. The lowest BCUT2D eigenvalue weighted by Gasteiger charge is -2.07. The molecule has 2 aromatic heterocycles. The molecule has 2 heterocycles. The van der Waals surface area contributed by atoms with Gasteiger partial charge in [-0.1, -0.05) is 55.7 Å². The first-order valence-electron chi connectivity index (χ1n) is 8.57. The van der Waals surface area contributed by atoms with E-state index in [4.69, 9.17) is 6.42 Å². The number of terminal acetylenes is 1. The van der Waals surface area contributed by atoms with E-state index in [1.807, 2.05) is 24.3 Å². The van der Waals surface area contributed by atoms with E-state index < -0.39 is 0 Å². The Morgan fingerprint density at radius 1 is 0.923 bits per heavy atom. The number of hydrogen-bond acceptors (Lipinski definition) is 2. The van der Waals surface area contributed by atoms with Gasteiger partial charge in [-0.3, -0.25) is 0 Å². The Bertz CT molecular complexity index is 1080. The zero-order valence-electron chi connectivity index (χ0n) is 14.4.